The van der Waals surface area contributed by atoms with Crippen molar-refractivity contribution in [3.63, 3.8) is 0 Å². The fourth-order valence-corrected chi connectivity index (χ4v) is 8.16. The summed E-state index contributed by atoms with van der Waals surface area (Å²) in [6.07, 6.45) is 13.8. The number of ketones is 1. The maximum absolute atomic E-state index is 12.8. The van der Waals surface area contributed by atoms with E-state index in [1.165, 1.54) is 28.7 Å². The molecule has 0 bridgehead atoms. The molecule has 0 heterocycles. The van der Waals surface area contributed by atoms with Crippen LogP contribution in [0.5, 0.6) is 11.5 Å². The number of allylic oxidation sites excluding steroid dienone is 5. The Bertz CT molecular complexity index is 1250. The van der Waals surface area contributed by atoms with Crippen molar-refractivity contribution in [2.75, 3.05) is 14.2 Å². The van der Waals surface area contributed by atoms with E-state index in [4.69, 9.17) is 9.47 Å². The molecule has 192 valence electrons. The number of hydrogen-bond donors (Lipinski definition) is 0. The van der Waals surface area contributed by atoms with Gasteiger partial charge in [0.15, 0.2) is 0 Å². The minimum absolute atomic E-state index is 0.0713. The van der Waals surface area contributed by atoms with Gasteiger partial charge in [0.2, 0.25) is 0 Å². The number of rotatable bonds is 4. The number of hydrogen-bond acceptors (Lipinski definition) is 3. The highest BCUT2D eigenvalue weighted by atomic mass is 16.5. The summed E-state index contributed by atoms with van der Waals surface area (Å²) in [6, 6.07) is 16.8. The van der Waals surface area contributed by atoms with E-state index in [0.29, 0.717) is 23.5 Å². The van der Waals surface area contributed by atoms with Gasteiger partial charge in [0, 0.05) is 17.3 Å². The minimum atomic E-state index is -0.0713. The maximum Gasteiger partial charge on any atom is 0.139 e. The van der Waals surface area contributed by atoms with Crippen LogP contribution >= 0.6 is 0 Å². The summed E-state index contributed by atoms with van der Waals surface area (Å²) in [4.78, 5) is 12.8. The molecule has 37 heavy (non-hydrogen) atoms. The van der Waals surface area contributed by atoms with Crippen LogP contribution in [0.2, 0.25) is 0 Å². The molecule has 3 saturated carbocycles. The highest BCUT2D eigenvalue weighted by Crippen LogP contribution is 2.64. The molecule has 0 radical (unpaired) electrons. The van der Waals surface area contributed by atoms with Gasteiger partial charge in [-0.15, -0.1) is 0 Å². The van der Waals surface area contributed by atoms with Crippen molar-refractivity contribution in [2.24, 2.45) is 28.6 Å². The Hall–Kier alpha value is -3.07. The minimum Gasteiger partial charge on any atom is -0.497 e. The Labute approximate surface area is 221 Å². The molecular formula is C34H38O3. The van der Waals surface area contributed by atoms with Gasteiger partial charge in [-0.3, -0.25) is 4.79 Å². The zero-order chi connectivity index (χ0) is 25.8. The predicted molar refractivity (Wildman–Crippen MR) is 149 cm³/mol. The van der Waals surface area contributed by atoms with E-state index in [0.717, 1.165) is 43.6 Å². The second-order valence-electron chi connectivity index (χ2n) is 11.9. The van der Waals surface area contributed by atoms with Crippen molar-refractivity contribution in [3.8, 4) is 11.5 Å². The quantitative estimate of drug-likeness (QED) is 0.435. The Morgan fingerprint density at radius 1 is 0.811 bits per heavy atom. The van der Waals surface area contributed by atoms with E-state index in [1.54, 1.807) is 19.8 Å². The van der Waals surface area contributed by atoms with Gasteiger partial charge in [0.1, 0.15) is 17.3 Å². The molecule has 4 aliphatic rings. The van der Waals surface area contributed by atoms with E-state index >= 15 is 0 Å². The van der Waals surface area contributed by atoms with Gasteiger partial charge in [-0.1, -0.05) is 61.9 Å². The molecule has 0 N–H and O–H groups in total. The third-order valence-electron chi connectivity index (χ3n) is 10.3. The highest BCUT2D eigenvalue weighted by molar-refractivity contribution is 5.87. The first-order valence-corrected chi connectivity index (χ1v) is 13.8. The third kappa shape index (κ3) is 3.81. The molecule has 0 spiro atoms. The number of carbonyl (C=O) groups excluding carboxylic acids is 1. The smallest absolute Gasteiger partial charge is 0.139 e. The zero-order valence-corrected chi connectivity index (χ0v) is 22.6. The number of Topliss-reactive ketones (excluding diaryl/α,β-unsaturated/α-hetero) is 1. The molecule has 3 nitrogen and oxygen atoms in total. The Morgan fingerprint density at radius 2 is 1.43 bits per heavy atom. The summed E-state index contributed by atoms with van der Waals surface area (Å²) in [7, 11) is 3.41. The van der Waals surface area contributed by atoms with Crippen LogP contribution in [0.3, 0.4) is 0 Å². The first kappa shape index (κ1) is 24.3. The summed E-state index contributed by atoms with van der Waals surface area (Å²) in [6.45, 7) is 4.73. The lowest BCUT2D eigenvalue weighted by atomic mass is 9.48. The number of fused-ring (bicyclic) bond motifs is 5. The van der Waals surface area contributed by atoms with Gasteiger partial charge in [-0.05, 0) is 96.4 Å². The van der Waals surface area contributed by atoms with Gasteiger partial charge in [0.25, 0.3) is 0 Å². The van der Waals surface area contributed by atoms with Crippen LogP contribution in [0.4, 0.5) is 0 Å². The average molecular weight is 495 g/mol. The average Bonchev–Trinajstić information content (AvgIpc) is 3.24. The fourth-order valence-electron chi connectivity index (χ4n) is 8.16. The molecule has 2 aromatic carbocycles. The van der Waals surface area contributed by atoms with E-state index in [2.05, 4.69) is 56.3 Å². The standard InChI is InChI=1S/C34H38O3/c1-33-19-17-24(21-25(33)9-14-28-29-15-16-31(35)34(29,2)20-18-30(28)33)32(22-5-10-26(36-3)11-6-22)23-7-12-27(37-4)13-8-23/h5-8,10-13,17,19,21,28-30H,9,14-16,18,20H2,1-4H3/t28-,29-,30-,33-,34-/m0/s1. The van der Waals surface area contributed by atoms with Gasteiger partial charge in [-0.2, -0.15) is 0 Å². The van der Waals surface area contributed by atoms with Gasteiger partial charge in [0.05, 0.1) is 14.2 Å². The van der Waals surface area contributed by atoms with Crippen molar-refractivity contribution in [1.82, 2.24) is 0 Å². The van der Waals surface area contributed by atoms with Gasteiger partial charge < -0.3 is 9.47 Å². The van der Waals surface area contributed by atoms with Crippen LogP contribution in [0.1, 0.15) is 63.5 Å². The summed E-state index contributed by atoms with van der Waals surface area (Å²) >= 11 is 0. The largest absolute Gasteiger partial charge is 0.497 e. The fraction of sp³-hybridized carbons (Fsp3) is 0.441. The predicted octanol–water partition coefficient (Wildman–Crippen LogP) is 7.81. The van der Waals surface area contributed by atoms with E-state index in [-0.39, 0.29) is 10.8 Å². The van der Waals surface area contributed by atoms with Gasteiger partial charge in [-0.25, -0.2) is 0 Å². The van der Waals surface area contributed by atoms with E-state index < -0.39 is 0 Å². The molecule has 0 amide bonds. The first-order chi connectivity index (χ1) is 17.9. The summed E-state index contributed by atoms with van der Waals surface area (Å²) in [5.74, 6) is 4.10. The van der Waals surface area contributed by atoms with Crippen molar-refractivity contribution in [1.29, 1.82) is 0 Å². The van der Waals surface area contributed by atoms with Crippen molar-refractivity contribution < 1.29 is 14.3 Å². The van der Waals surface area contributed by atoms with Crippen molar-refractivity contribution in [3.05, 3.63) is 89.0 Å². The van der Waals surface area contributed by atoms with Crippen LogP contribution < -0.4 is 9.47 Å². The number of carbonyl (C=O) groups is 1. The van der Waals surface area contributed by atoms with Crippen molar-refractivity contribution >= 4 is 11.4 Å². The number of benzene rings is 2. The van der Waals surface area contributed by atoms with Crippen LogP contribution in [-0.4, -0.2) is 20.0 Å². The molecular weight excluding hydrogens is 456 g/mol. The van der Waals surface area contributed by atoms with Gasteiger partial charge >= 0.3 is 0 Å². The Balaban J connectivity index is 1.41. The van der Waals surface area contributed by atoms with E-state index in [9.17, 15) is 4.79 Å². The third-order valence-corrected chi connectivity index (χ3v) is 10.3. The molecule has 4 aliphatic carbocycles. The molecule has 3 fully saturated rings. The van der Waals surface area contributed by atoms with Crippen molar-refractivity contribution in [2.45, 2.75) is 52.4 Å². The van der Waals surface area contributed by atoms with E-state index in [1.807, 2.05) is 24.3 Å². The molecule has 0 aliphatic heterocycles. The summed E-state index contributed by atoms with van der Waals surface area (Å²) in [5.41, 5.74) is 6.41. The summed E-state index contributed by atoms with van der Waals surface area (Å²) in [5, 5.41) is 0. The molecule has 5 atom stereocenters. The maximum atomic E-state index is 12.8. The lowest BCUT2D eigenvalue weighted by Gasteiger charge is -2.55. The lowest BCUT2D eigenvalue weighted by Crippen LogP contribution is -2.49. The van der Waals surface area contributed by atoms with Crippen LogP contribution in [0, 0.1) is 28.6 Å². The Kier molecular flexibility index (Phi) is 5.93. The molecule has 3 heteroatoms. The topological polar surface area (TPSA) is 35.5 Å². The Morgan fingerprint density at radius 3 is 2.03 bits per heavy atom. The first-order valence-electron chi connectivity index (χ1n) is 13.8. The van der Waals surface area contributed by atoms with Crippen LogP contribution in [0.15, 0.2) is 77.9 Å². The molecule has 0 aromatic heterocycles. The zero-order valence-electron chi connectivity index (χ0n) is 22.6. The normalized spacial score (nSPS) is 32.2. The SMILES string of the molecule is COc1ccc(C(=C2C=C[C@@]3(C)C(=C2)CC[C@@H]2[C@@H]3CC[C@]3(C)C(=O)CC[C@@H]23)c2ccc(OC)cc2)cc1. The highest BCUT2D eigenvalue weighted by Gasteiger charge is 2.58. The second-order valence-corrected chi connectivity index (χ2v) is 11.9. The number of methoxy groups -OCH3 is 2. The molecule has 6 rings (SSSR count). The van der Waals surface area contributed by atoms with Crippen LogP contribution in [0.25, 0.3) is 5.57 Å². The molecule has 0 unspecified atom stereocenters. The number of ether oxygens (including phenoxy) is 2. The molecule has 0 saturated heterocycles. The molecule has 2 aromatic rings. The second kappa shape index (κ2) is 9.04. The lowest BCUT2D eigenvalue weighted by molar-refractivity contribution is -0.131. The summed E-state index contributed by atoms with van der Waals surface area (Å²) < 4.78 is 10.9. The van der Waals surface area contributed by atoms with Crippen LogP contribution in [-0.2, 0) is 4.79 Å². The monoisotopic (exact) mass is 494 g/mol.